The topological polar surface area (TPSA) is 40.5 Å². The number of aromatic hydroxyl groups is 2. The molecule has 2 N–H and O–H groups in total. The van der Waals surface area contributed by atoms with Crippen LogP contribution in [0, 0.1) is 0 Å². The van der Waals surface area contributed by atoms with Gasteiger partial charge in [-0.2, -0.15) is 0 Å². The third kappa shape index (κ3) is 6.00. The molecule has 2 heteroatoms. The molecule has 0 aliphatic rings. The Balaban J connectivity index is 2.23. The maximum atomic E-state index is 9.79. The van der Waals surface area contributed by atoms with E-state index in [4.69, 9.17) is 0 Å². The minimum Gasteiger partial charge on any atom is -0.508 e. The van der Waals surface area contributed by atoms with Crippen LogP contribution in [0.25, 0.3) is 0 Å². The number of hydrogen-bond acceptors (Lipinski definition) is 2. The highest BCUT2D eigenvalue weighted by atomic mass is 16.3. The summed E-state index contributed by atoms with van der Waals surface area (Å²) in [5, 5.41) is 19.3. The van der Waals surface area contributed by atoms with Crippen molar-refractivity contribution in [2.24, 2.45) is 0 Å². The molecule has 1 rings (SSSR count). The van der Waals surface area contributed by atoms with Gasteiger partial charge in [-0.1, -0.05) is 58.8 Å². The van der Waals surface area contributed by atoms with E-state index in [2.05, 4.69) is 13.8 Å². The quantitative estimate of drug-likeness (QED) is 0.466. The molecule has 0 bridgehead atoms. The molecule has 0 heterocycles. The molecule has 19 heavy (non-hydrogen) atoms. The van der Waals surface area contributed by atoms with Gasteiger partial charge in [-0.05, 0) is 30.5 Å². The Hall–Kier alpha value is -1.18. The van der Waals surface area contributed by atoms with E-state index >= 15 is 0 Å². The average molecular weight is 264 g/mol. The third-order valence-electron chi connectivity index (χ3n) is 3.78. The van der Waals surface area contributed by atoms with Crippen molar-refractivity contribution in [2.75, 3.05) is 0 Å². The predicted octanol–water partition coefficient (Wildman–Crippen LogP) is 5.34. The first kappa shape index (κ1) is 15.9. The molecule has 1 atom stereocenters. The van der Waals surface area contributed by atoms with E-state index in [0.29, 0.717) is 11.7 Å². The molecule has 0 aliphatic heterocycles. The first-order valence-electron chi connectivity index (χ1n) is 7.67. The van der Waals surface area contributed by atoms with Crippen LogP contribution in [0.3, 0.4) is 0 Å². The highest BCUT2D eigenvalue weighted by Crippen LogP contribution is 2.32. The molecule has 2 nitrogen and oxygen atoms in total. The number of unbranched alkanes of at least 4 members (excludes halogenated alkanes) is 6. The fraction of sp³-hybridized carbons (Fsp3) is 0.647. The predicted molar refractivity (Wildman–Crippen MR) is 80.8 cm³/mol. The van der Waals surface area contributed by atoms with E-state index < -0.39 is 0 Å². The summed E-state index contributed by atoms with van der Waals surface area (Å²) in [6, 6.07) is 4.78. The molecule has 1 aromatic carbocycles. The van der Waals surface area contributed by atoms with Gasteiger partial charge < -0.3 is 10.2 Å². The first-order valence-corrected chi connectivity index (χ1v) is 7.67. The molecule has 0 spiro atoms. The normalized spacial score (nSPS) is 12.5. The zero-order chi connectivity index (χ0) is 14.1. The first-order chi connectivity index (χ1) is 9.15. The Bertz CT molecular complexity index is 360. The molecular formula is C17H28O2. The van der Waals surface area contributed by atoms with Gasteiger partial charge in [-0.15, -0.1) is 0 Å². The molecule has 1 aromatic rings. The smallest absolute Gasteiger partial charge is 0.119 e. The third-order valence-corrected chi connectivity index (χ3v) is 3.78. The maximum Gasteiger partial charge on any atom is 0.119 e. The van der Waals surface area contributed by atoms with Crippen LogP contribution in [-0.2, 0) is 0 Å². The van der Waals surface area contributed by atoms with Crippen molar-refractivity contribution in [1.29, 1.82) is 0 Å². The Kier molecular flexibility index (Phi) is 7.39. The second kappa shape index (κ2) is 8.84. The van der Waals surface area contributed by atoms with E-state index in [0.717, 1.165) is 12.0 Å². The summed E-state index contributed by atoms with van der Waals surface area (Å²) in [6.07, 6.45) is 10.2. The van der Waals surface area contributed by atoms with Crippen LogP contribution < -0.4 is 0 Å². The van der Waals surface area contributed by atoms with Gasteiger partial charge in [0.2, 0.25) is 0 Å². The lowest BCUT2D eigenvalue weighted by Gasteiger charge is -2.13. The van der Waals surface area contributed by atoms with E-state index in [1.54, 1.807) is 12.1 Å². The molecule has 0 aromatic heterocycles. The summed E-state index contributed by atoms with van der Waals surface area (Å²) in [4.78, 5) is 0. The van der Waals surface area contributed by atoms with Crippen LogP contribution >= 0.6 is 0 Å². The summed E-state index contributed by atoms with van der Waals surface area (Å²) in [6.45, 7) is 4.36. The average Bonchev–Trinajstić information content (AvgIpc) is 2.40. The fourth-order valence-electron chi connectivity index (χ4n) is 2.50. The zero-order valence-corrected chi connectivity index (χ0v) is 12.4. The lowest BCUT2D eigenvalue weighted by atomic mass is 9.93. The summed E-state index contributed by atoms with van der Waals surface area (Å²) in [7, 11) is 0. The molecule has 0 saturated heterocycles. The summed E-state index contributed by atoms with van der Waals surface area (Å²) >= 11 is 0. The van der Waals surface area contributed by atoms with Crippen LogP contribution in [-0.4, -0.2) is 10.2 Å². The second-order valence-electron chi connectivity index (χ2n) is 5.55. The SMILES string of the molecule is CCCCCCCCCC(C)c1cc(O)ccc1O. The number of phenolic OH excluding ortho intramolecular Hbond substituents is 2. The molecule has 0 aliphatic carbocycles. The van der Waals surface area contributed by atoms with Crippen molar-refractivity contribution in [3.63, 3.8) is 0 Å². The van der Waals surface area contributed by atoms with Crippen molar-refractivity contribution < 1.29 is 10.2 Å². The Morgan fingerprint density at radius 2 is 1.58 bits per heavy atom. The standard InChI is InChI=1S/C17H28O2/c1-3-4-5-6-7-8-9-10-14(2)16-13-15(18)11-12-17(16)19/h11-14,18-19H,3-10H2,1-2H3. The minimum absolute atomic E-state index is 0.235. The highest BCUT2D eigenvalue weighted by molar-refractivity contribution is 5.40. The van der Waals surface area contributed by atoms with Crippen LogP contribution in [0.1, 0.15) is 76.7 Å². The maximum absolute atomic E-state index is 9.79. The Morgan fingerprint density at radius 1 is 0.947 bits per heavy atom. The number of phenols is 2. The van der Waals surface area contributed by atoms with Crippen LogP contribution in [0.15, 0.2) is 18.2 Å². The van der Waals surface area contributed by atoms with Crippen LogP contribution in [0.4, 0.5) is 0 Å². The Morgan fingerprint density at radius 3 is 2.26 bits per heavy atom. The van der Waals surface area contributed by atoms with Crippen molar-refractivity contribution >= 4 is 0 Å². The molecule has 0 fully saturated rings. The summed E-state index contributed by atoms with van der Waals surface area (Å²) in [5.41, 5.74) is 0.867. The van der Waals surface area contributed by atoms with Gasteiger partial charge in [0.25, 0.3) is 0 Å². The summed E-state index contributed by atoms with van der Waals surface area (Å²) < 4.78 is 0. The van der Waals surface area contributed by atoms with Crippen molar-refractivity contribution in [3.8, 4) is 11.5 Å². The lowest BCUT2D eigenvalue weighted by molar-refractivity contribution is 0.445. The van der Waals surface area contributed by atoms with Gasteiger partial charge in [-0.25, -0.2) is 0 Å². The van der Waals surface area contributed by atoms with Gasteiger partial charge in [-0.3, -0.25) is 0 Å². The fourth-order valence-corrected chi connectivity index (χ4v) is 2.50. The van der Waals surface area contributed by atoms with E-state index in [1.165, 1.54) is 51.0 Å². The van der Waals surface area contributed by atoms with Gasteiger partial charge in [0.05, 0.1) is 0 Å². The van der Waals surface area contributed by atoms with Crippen molar-refractivity contribution in [1.82, 2.24) is 0 Å². The molecule has 0 amide bonds. The van der Waals surface area contributed by atoms with Gasteiger partial charge in [0, 0.05) is 5.56 Å². The van der Waals surface area contributed by atoms with Crippen molar-refractivity contribution in [3.05, 3.63) is 23.8 Å². The highest BCUT2D eigenvalue weighted by Gasteiger charge is 2.10. The largest absolute Gasteiger partial charge is 0.508 e. The molecule has 108 valence electrons. The van der Waals surface area contributed by atoms with Gasteiger partial charge in [0.1, 0.15) is 11.5 Å². The van der Waals surface area contributed by atoms with E-state index in [9.17, 15) is 10.2 Å². The second-order valence-corrected chi connectivity index (χ2v) is 5.55. The lowest BCUT2D eigenvalue weighted by Crippen LogP contribution is -1.94. The zero-order valence-electron chi connectivity index (χ0n) is 12.4. The van der Waals surface area contributed by atoms with E-state index in [-0.39, 0.29) is 5.75 Å². The number of rotatable bonds is 9. The monoisotopic (exact) mass is 264 g/mol. The van der Waals surface area contributed by atoms with Gasteiger partial charge >= 0.3 is 0 Å². The van der Waals surface area contributed by atoms with Crippen molar-refractivity contribution in [2.45, 2.75) is 71.1 Å². The molecular weight excluding hydrogens is 236 g/mol. The van der Waals surface area contributed by atoms with Crippen LogP contribution in [0.5, 0.6) is 11.5 Å². The molecule has 0 radical (unpaired) electrons. The number of benzene rings is 1. The minimum atomic E-state index is 0.235. The van der Waals surface area contributed by atoms with E-state index in [1.807, 2.05) is 0 Å². The Labute approximate surface area is 117 Å². The molecule has 0 saturated carbocycles. The van der Waals surface area contributed by atoms with Crippen LogP contribution in [0.2, 0.25) is 0 Å². The molecule has 1 unspecified atom stereocenters. The summed E-state index contributed by atoms with van der Waals surface area (Å²) in [5.74, 6) is 0.843. The number of hydrogen-bond donors (Lipinski definition) is 2. The van der Waals surface area contributed by atoms with Gasteiger partial charge in [0.15, 0.2) is 0 Å².